The number of carbonyl (C=O) groups excluding carboxylic acids is 1. The van der Waals surface area contributed by atoms with Crippen molar-refractivity contribution in [2.45, 2.75) is 20.8 Å². The van der Waals surface area contributed by atoms with E-state index in [1.165, 1.54) is 0 Å². The van der Waals surface area contributed by atoms with Gasteiger partial charge >= 0.3 is 5.97 Å². The second-order valence-corrected chi connectivity index (χ2v) is 3.62. The van der Waals surface area contributed by atoms with Gasteiger partial charge in [-0.05, 0) is 26.3 Å². The van der Waals surface area contributed by atoms with Crippen molar-refractivity contribution in [2.75, 3.05) is 12.4 Å². The fourth-order valence-electron chi connectivity index (χ4n) is 1.47. The molecule has 0 aromatic carbocycles. The largest absolute Gasteiger partial charge is 0.461 e. The summed E-state index contributed by atoms with van der Waals surface area (Å²) >= 11 is 4.02. The molecule has 0 fully saturated rings. The standard InChI is InChI=1S/C12H15NO2S/c1-4-15-12(14)11-8(2)10(6-5-7-16)9(3)13-11/h13,16H,4,7H2,1-3H3. The summed E-state index contributed by atoms with van der Waals surface area (Å²) in [5, 5.41) is 0. The summed E-state index contributed by atoms with van der Waals surface area (Å²) in [7, 11) is 0. The maximum absolute atomic E-state index is 11.6. The van der Waals surface area contributed by atoms with Gasteiger partial charge < -0.3 is 9.72 Å². The lowest BCUT2D eigenvalue weighted by Crippen LogP contribution is -2.06. The Morgan fingerprint density at radius 1 is 1.50 bits per heavy atom. The van der Waals surface area contributed by atoms with E-state index in [0.29, 0.717) is 18.1 Å². The Labute approximate surface area is 101 Å². The number of aromatic nitrogens is 1. The number of aromatic amines is 1. The third kappa shape index (κ3) is 2.61. The molecule has 0 aliphatic heterocycles. The average molecular weight is 237 g/mol. The van der Waals surface area contributed by atoms with Gasteiger partial charge in [0.15, 0.2) is 0 Å². The summed E-state index contributed by atoms with van der Waals surface area (Å²) < 4.78 is 4.95. The molecule has 3 nitrogen and oxygen atoms in total. The number of carbonyl (C=O) groups is 1. The topological polar surface area (TPSA) is 42.1 Å². The fraction of sp³-hybridized carbons (Fsp3) is 0.417. The van der Waals surface area contributed by atoms with Gasteiger partial charge in [-0.15, -0.1) is 0 Å². The third-order valence-electron chi connectivity index (χ3n) is 2.21. The van der Waals surface area contributed by atoms with Gasteiger partial charge in [-0.1, -0.05) is 11.8 Å². The smallest absolute Gasteiger partial charge is 0.355 e. The molecule has 16 heavy (non-hydrogen) atoms. The molecule has 1 heterocycles. The summed E-state index contributed by atoms with van der Waals surface area (Å²) in [6, 6.07) is 0. The van der Waals surface area contributed by atoms with Crippen LogP contribution in [0.1, 0.15) is 34.2 Å². The number of aryl methyl sites for hydroxylation is 1. The number of hydrogen-bond acceptors (Lipinski definition) is 3. The molecule has 1 rings (SSSR count). The van der Waals surface area contributed by atoms with Crippen molar-refractivity contribution in [3.05, 3.63) is 22.5 Å². The molecule has 1 N–H and O–H groups in total. The lowest BCUT2D eigenvalue weighted by atomic mass is 10.1. The van der Waals surface area contributed by atoms with Crippen molar-refractivity contribution in [3.8, 4) is 11.8 Å². The van der Waals surface area contributed by atoms with Crippen LogP contribution in [0.25, 0.3) is 0 Å². The van der Waals surface area contributed by atoms with Crippen molar-refractivity contribution >= 4 is 18.6 Å². The zero-order chi connectivity index (χ0) is 12.1. The number of rotatable bonds is 2. The molecule has 0 aliphatic rings. The van der Waals surface area contributed by atoms with E-state index < -0.39 is 0 Å². The van der Waals surface area contributed by atoms with E-state index in [2.05, 4.69) is 29.5 Å². The molecule has 86 valence electrons. The highest BCUT2D eigenvalue weighted by Crippen LogP contribution is 2.17. The summed E-state index contributed by atoms with van der Waals surface area (Å²) in [6.07, 6.45) is 0. The van der Waals surface area contributed by atoms with Crippen molar-refractivity contribution < 1.29 is 9.53 Å². The lowest BCUT2D eigenvalue weighted by Gasteiger charge is -1.99. The number of ether oxygens (including phenoxy) is 1. The predicted octanol–water partition coefficient (Wildman–Crippen LogP) is 2.09. The van der Waals surface area contributed by atoms with Crippen LogP contribution in [0.2, 0.25) is 0 Å². The van der Waals surface area contributed by atoms with E-state index >= 15 is 0 Å². The molecule has 0 atom stereocenters. The maximum Gasteiger partial charge on any atom is 0.355 e. The minimum Gasteiger partial charge on any atom is -0.461 e. The Kier molecular flexibility index (Phi) is 4.51. The van der Waals surface area contributed by atoms with Gasteiger partial charge in [-0.25, -0.2) is 4.79 Å². The number of nitrogens with one attached hydrogen (secondary N) is 1. The Morgan fingerprint density at radius 2 is 2.19 bits per heavy atom. The normalized spacial score (nSPS) is 9.50. The van der Waals surface area contributed by atoms with E-state index in [9.17, 15) is 4.79 Å². The van der Waals surface area contributed by atoms with Gasteiger partial charge in [-0.2, -0.15) is 12.6 Å². The van der Waals surface area contributed by atoms with Crippen LogP contribution in [0, 0.1) is 25.7 Å². The molecule has 1 aromatic rings. The van der Waals surface area contributed by atoms with Crippen LogP contribution in [0.3, 0.4) is 0 Å². The summed E-state index contributed by atoms with van der Waals surface area (Å²) in [4.78, 5) is 14.6. The Morgan fingerprint density at radius 3 is 2.75 bits per heavy atom. The predicted molar refractivity (Wildman–Crippen MR) is 67.0 cm³/mol. The highest BCUT2D eigenvalue weighted by molar-refractivity contribution is 7.80. The average Bonchev–Trinajstić information content (AvgIpc) is 2.53. The zero-order valence-electron chi connectivity index (χ0n) is 9.68. The summed E-state index contributed by atoms with van der Waals surface area (Å²) in [5.74, 6) is 6.02. The quantitative estimate of drug-likeness (QED) is 0.470. The number of H-pyrrole nitrogens is 1. The van der Waals surface area contributed by atoms with E-state index in [-0.39, 0.29) is 5.97 Å². The first-order valence-corrected chi connectivity index (χ1v) is 5.71. The van der Waals surface area contributed by atoms with Gasteiger partial charge in [0.25, 0.3) is 0 Å². The van der Waals surface area contributed by atoms with E-state index in [0.717, 1.165) is 16.8 Å². The van der Waals surface area contributed by atoms with Gasteiger partial charge in [0, 0.05) is 11.3 Å². The van der Waals surface area contributed by atoms with Gasteiger partial charge in [0.1, 0.15) is 5.69 Å². The molecular formula is C12H15NO2S. The zero-order valence-corrected chi connectivity index (χ0v) is 10.6. The number of thiol groups is 1. The monoisotopic (exact) mass is 237 g/mol. The molecular weight excluding hydrogens is 222 g/mol. The number of hydrogen-bond donors (Lipinski definition) is 2. The summed E-state index contributed by atoms with van der Waals surface area (Å²) in [5.41, 5.74) is 3.07. The van der Waals surface area contributed by atoms with E-state index in [1.54, 1.807) is 6.92 Å². The van der Waals surface area contributed by atoms with Crippen molar-refractivity contribution in [1.29, 1.82) is 0 Å². The first-order valence-electron chi connectivity index (χ1n) is 5.07. The molecule has 0 saturated carbocycles. The summed E-state index contributed by atoms with van der Waals surface area (Å²) in [6.45, 7) is 5.90. The van der Waals surface area contributed by atoms with Gasteiger partial charge in [0.2, 0.25) is 0 Å². The van der Waals surface area contributed by atoms with Crippen molar-refractivity contribution in [3.63, 3.8) is 0 Å². The molecule has 4 heteroatoms. The Hall–Kier alpha value is -1.34. The van der Waals surface area contributed by atoms with Crippen molar-refractivity contribution in [2.24, 2.45) is 0 Å². The second kappa shape index (κ2) is 5.66. The minimum absolute atomic E-state index is 0.331. The molecule has 1 aromatic heterocycles. The van der Waals surface area contributed by atoms with Crippen LogP contribution >= 0.6 is 12.6 Å². The highest BCUT2D eigenvalue weighted by Gasteiger charge is 2.16. The first-order chi connectivity index (χ1) is 7.61. The second-order valence-electron chi connectivity index (χ2n) is 3.31. The van der Waals surface area contributed by atoms with Crippen molar-refractivity contribution in [1.82, 2.24) is 4.98 Å². The van der Waals surface area contributed by atoms with Gasteiger partial charge in [-0.3, -0.25) is 0 Å². The molecule has 0 bridgehead atoms. The van der Waals surface area contributed by atoms with Gasteiger partial charge in [0.05, 0.1) is 12.4 Å². The third-order valence-corrected chi connectivity index (χ3v) is 2.37. The maximum atomic E-state index is 11.6. The lowest BCUT2D eigenvalue weighted by molar-refractivity contribution is 0.0519. The van der Waals surface area contributed by atoms with Crippen LogP contribution in [0.5, 0.6) is 0 Å². The van der Waals surface area contributed by atoms with Crippen LogP contribution in [0.4, 0.5) is 0 Å². The SMILES string of the molecule is CCOC(=O)c1[nH]c(C)c(C#CCS)c1C. The van der Waals surface area contributed by atoms with Crippen LogP contribution < -0.4 is 0 Å². The van der Waals surface area contributed by atoms with Crippen LogP contribution in [0.15, 0.2) is 0 Å². The minimum atomic E-state index is -0.331. The Balaban J connectivity index is 3.11. The first kappa shape index (κ1) is 12.7. The highest BCUT2D eigenvalue weighted by atomic mass is 32.1. The molecule has 0 radical (unpaired) electrons. The van der Waals surface area contributed by atoms with E-state index in [4.69, 9.17) is 4.74 Å². The molecule has 0 amide bonds. The Bertz CT molecular complexity index is 452. The molecule has 0 aliphatic carbocycles. The van der Waals surface area contributed by atoms with Crippen LogP contribution in [-0.2, 0) is 4.74 Å². The molecule has 0 saturated heterocycles. The van der Waals surface area contributed by atoms with Crippen LogP contribution in [-0.4, -0.2) is 23.3 Å². The van der Waals surface area contributed by atoms with E-state index in [1.807, 2.05) is 13.8 Å². The number of esters is 1. The molecule has 0 spiro atoms. The fourth-order valence-corrected chi connectivity index (χ4v) is 1.55. The molecule has 0 unspecified atom stereocenters.